The minimum absolute atomic E-state index is 0.306. The molecule has 0 fully saturated rings. The molecular weight excluding hydrogens is 384 g/mol. The van der Waals surface area contributed by atoms with Crippen LogP contribution in [0, 0.1) is 34.6 Å². The monoisotopic (exact) mass is 410 g/mol. The maximum Gasteiger partial charge on any atom is 0.282 e. The van der Waals surface area contributed by atoms with Crippen LogP contribution in [0.4, 0.5) is 11.4 Å². The van der Waals surface area contributed by atoms with Crippen LogP contribution in [0.15, 0.2) is 66.4 Å². The zero-order chi connectivity index (χ0) is 22.3. The first kappa shape index (κ1) is 20.6. The SMILES string of the molecule is Cc1cccc(NC2=C(c3ccc(C)cc3C)C(=O)N(c3ccc(C)c(C)c3)C2=O)c1. The van der Waals surface area contributed by atoms with Crippen molar-refractivity contribution in [3.05, 3.63) is 99.7 Å². The number of amides is 2. The van der Waals surface area contributed by atoms with Gasteiger partial charge in [0.25, 0.3) is 11.8 Å². The quantitative estimate of drug-likeness (QED) is 0.568. The third kappa shape index (κ3) is 3.77. The highest BCUT2D eigenvalue weighted by molar-refractivity contribution is 6.46. The van der Waals surface area contributed by atoms with E-state index < -0.39 is 0 Å². The van der Waals surface area contributed by atoms with Crippen molar-refractivity contribution in [1.82, 2.24) is 0 Å². The van der Waals surface area contributed by atoms with Gasteiger partial charge < -0.3 is 5.32 Å². The van der Waals surface area contributed by atoms with Crippen molar-refractivity contribution in [1.29, 1.82) is 0 Å². The van der Waals surface area contributed by atoms with Crippen molar-refractivity contribution < 1.29 is 9.59 Å². The van der Waals surface area contributed by atoms with Crippen LogP contribution >= 0.6 is 0 Å². The minimum Gasteiger partial charge on any atom is -0.350 e. The molecule has 3 aromatic rings. The number of carbonyl (C=O) groups is 2. The summed E-state index contributed by atoms with van der Waals surface area (Å²) < 4.78 is 0. The Labute approximate surface area is 183 Å². The number of hydrogen-bond donors (Lipinski definition) is 1. The molecule has 0 atom stereocenters. The summed E-state index contributed by atoms with van der Waals surface area (Å²) in [5.41, 5.74) is 8.13. The molecule has 4 heteroatoms. The van der Waals surface area contributed by atoms with Crippen molar-refractivity contribution in [2.45, 2.75) is 34.6 Å². The summed E-state index contributed by atoms with van der Waals surface area (Å²) in [5, 5.41) is 3.25. The number of aryl methyl sites for hydroxylation is 5. The molecule has 156 valence electrons. The van der Waals surface area contributed by atoms with E-state index in [1.807, 2.05) is 95.3 Å². The van der Waals surface area contributed by atoms with E-state index >= 15 is 0 Å². The van der Waals surface area contributed by atoms with E-state index in [2.05, 4.69) is 5.32 Å². The number of rotatable bonds is 4. The van der Waals surface area contributed by atoms with Crippen LogP contribution in [0.2, 0.25) is 0 Å². The minimum atomic E-state index is -0.343. The first-order valence-corrected chi connectivity index (χ1v) is 10.4. The van der Waals surface area contributed by atoms with Gasteiger partial charge in [0.05, 0.1) is 11.3 Å². The molecule has 4 rings (SSSR count). The van der Waals surface area contributed by atoms with E-state index in [-0.39, 0.29) is 11.8 Å². The third-order valence-electron chi connectivity index (χ3n) is 5.77. The van der Waals surface area contributed by atoms with E-state index in [1.54, 1.807) is 0 Å². The van der Waals surface area contributed by atoms with Gasteiger partial charge >= 0.3 is 0 Å². The second-order valence-corrected chi connectivity index (χ2v) is 8.28. The number of nitrogens with zero attached hydrogens (tertiary/aromatic N) is 1. The average Bonchev–Trinajstić information content (AvgIpc) is 2.94. The van der Waals surface area contributed by atoms with Gasteiger partial charge in [-0.05, 0) is 86.7 Å². The molecule has 0 aliphatic carbocycles. The normalized spacial score (nSPS) is 13.9. The summed E-state index contributed by atoms with van der Waals surface area (Å²) in [5.74, 6) is -0.653. The highest BCUT2D eigenvalue weighted by Gasteiger charge is 2.40. The smallest absolute Gasteiger partial charge is 0.282 e. The van der Waals surface area contributed by atoms with Crippen LogP contribution in [0.1, 0.15) is 33.4 Å². The maximum absolute atomic E-state index is 13.6. The Morgan fingerprint density at radius 3 is 2.10 bits per heavy atom. The zero-order valence-corrected chi connectivity index (χ0v) is 18.5. The highest BCUT2D eigenvalue weighted by atomic mass is 16.2. The van der Waals surface area contributed by atoms with Gasteiger partial charge in [-0.3, -0.25) is 9.59 Å². The summed E-state index contributed by atoms with van der Waals surface area (Å²) >= 11 is 0. The lowest BCUT2D eigenvalue weighted by Crippen LogP contribution is -2.32. The third-order valence-corrected chi connectivity index (χ3v) is 5.77. The Bertz CT molecular complexity index is 1250. The molecule has 0 radical (unpaired) electrons. The lowest BCUT2D eigenvalue weighted by Gasteiger charge is -2.17. The molecule has 0 saturated carbocycles. The van der Waals surface area contributed by atoms with Crippen LogP contribution in [-0.4, -0.2) is 11.8 Å². The Morgan fingerprint density at radius 1 is 0.677 bits per heavy atom. The van der Waals surface area contributed by atoms with E-state index in [0.29, 0.717) is 17.0 Å². The van der Waals surface area contributed by atoms with Crippen LogP contribution in [-0.2, 0) is 9.59 Å². The molecule has 1 N–H and O–H groups in total. The molecule has 1 aliphatic rings. The van der Waals surface area contributed by atoms with Crippen molar-refractivity contribution >= 4 is 28.8 Å². The van der Waals surface area contributed by atoms with E-state index in [0.717, 1.165) is 39.1 Å². The predicted octanol–water partition coefficient (Wildman–Crippen LogP) is 5.63. The van der Waals surface area contributed by atoms with Crippen molar-refractivity contribution in [3.8, 4) is 0 Å². The van der Waals surface area contributed by atoms with Gasteiger partial charge in [0.2, 0.25) is 0 Å². The van der Waals surface area contributed by atoms with Crippen LogP contribution in [0.25, 0.3) is 5.57 Å². The Hall–Kier alpha value is -3.66. The number of carbonyl (C=O) groups excluding carboxylic acids is 2. The van der Waals surface area contributed by atoms with Gasteiger partial charge in [-0.1, -0.05) is 42.0 Å². The largest absolute Gasteiger partial charge is 0.350 e. The fourth-order valence-corrected chi connectivity index (χ4v) is 3.96. The standard InChI is InChI=1S/C27H26N2O2/c1-16-7-6-8-21(14-16)28-25-24(23-12-9-17(2)13-20(23)5)26(30)29(27(25)31)22-11-10-18(3)19(4)15-22/h6-15,28H,1-5H3. The fourth-order valence-electron chi connectivity index (χ4n) is 3.96. The van der Waals surface area contributed by atoms with E-state index in [9.17, 15) is 9.59 Å². The number of hydrogen-bond acceptors (Lipinski definition) is 3. The molecule has 4 nitrogen and oxygen atoms in total. The predicted molar refractivity (Wildman–Crippen MR) is 126 cm³/mol. The van der Waals surface area contributed by atoms with Crippen LogP contribution in [0.5, 0.6) is 0 Å². The Balaban J connectivity index is 1.87. The number of nitrogens with one attached hydrogen (secondary N) is 1. The lowest BCUT2D eigenvalue weighted by molar-refractivity contribution is -0.120. The second kappa shape index (κ2) is 7.88. The molecule has 0 saturated heterocycles. The summed E-state index contributed by atoms with van der Waals surface area (Å²) in [6, 6.07) is 19.4. The molecule has 0 bridgehead atoms. The lowest BCUT2D eigenvalue weighted by atomic mass is 9.97. The first-order chi connectivity index (χ1) is 14.8. The van der Waals surface area contributed by atoms with Crippen LogP contribution < -0.4 is 10.2 Å². The Kier molecular flexibility index (Phi) is 5.24. The second-order valence-electron chi connectivity index (χ2n) is 8.28. The summed E-state index contributed by atoms with van der Waals surface area (Å²) in [7, 11) is 0. The molecular formula is C27H26N2O2. The molecule has 0 aromatic heterocycles. The molecule has 3 aromatic carbocycles. The van der Waals surface area contributed by atoms with Gasteiger partial charge in [0.15, 0.2) is 0 Å². The van der Waals surface area contributed by atoms with Gasteiger partial charge in [0, 0.05) is 5.69 Å². The molecule has 0 unspecified atom stereocenters. The number of anilines is 2. The van der Waals surface area contributed by atoms with Crippen molar-refractivity contribution in [2.75, 3.05) is 10.2 Å². The van der Waals surface area contributed by atoms with Crippen molar-refractivity contribution in [2.24, 2.45) is 0 Å². The van der Waals surface area contributed by atoms with Crippen LogP contribution in [0.3, 0.4) is 0 Å². The van der Waals surface area contributed by atoms with Gasteiger partial charge in [-0.25, -0.2) is 4.90 Å². The number of imide groups is 1. The first-order valence-electron chi connectivity index (χ1n) is 10.4. The maximum atomic E-state index is 13.6. The summed E-state index contributed by atoms with van der Waals surface area (Å²) in [6.07, 6.45) is 0. The topological polar surface area (TPSA) is 49.4 Å². The number of benzene rings is 3. The summed E-state index contributed by atoms with van der Waals surface area (Å²) in [6.45, 7) is 9.97. The van der Waals surface area contributed by atoms with E-state index in [4.69, 9.17) is 0 Å². The van der Waals surface area contributed by atoms with Gasteiger partial charge in [-0.15, -0.1) is 0 Å². The van der Waals surface area contributed by atoms with Gasteiger partial charge in [0.1, 0.15) is 5.70 Å². The van der Waals surface area contributed by atoms with Gasteiger partial charge in [-0.2, -0.15) is 0 Å². The molecule has 0 spiro atoms. The highest BCUT2D eigenvalue weighted by Crippen LogP contribution is 2.35. The molecule has 1 heterocycles. The zero-order valence-electron chi connectivity index (χ0n) is 18.5. The summed E-state index contributed by atoms with van der Waals surface area (Å²) in [4.78, 5) is 28.5. The molecule has 31 heavy (non-hydrogen) atoms. The fraction of sp³-hybridized carbons (Fsp3) is 0.185. The molecule has 1 aliphatic heterocycles. The van der Waals surface area contributed by atoms with Crippen molar-refractivity contribution in [3.63, 3.8) is 0 Å². The Morgan fingerprint density at radius 2 is 1.42 bits per heavy atom. The average molecular weight is 411 g/mol. The van der Waals surface area contributed by atoms with E-state index in [1.165, 1.54) is 4.90 Å². The molecule has 2 amide bonds.